The Morgan fingerprint density at radius 1 is 1.03 bits per heavy atom. The number of aliphatic hydroxyl groups is 3. The number of benzene rings is 2. The Balaban J connectivity index is 1.89. The first-order valence-corrected chi connectivity index (χ1v) is 9.14. The maximum atomic E-state index is 12.8. The van der Waals surface area contributed by atoms with Crippen LogP contribution in [0.5, 0.6) is 17.2 Å². The Hall–Kier alpha value is -3.11. The number of phenolic OH excluding ortho intramolecular Hbond substituents is 2. The lowest BCUT2D eigenvalue weighted by atomic mass is 9.92. The molecule has 1 fully saturated rings. The number of ether oxygens (including phenoxy) is 2. The van der Waals surface area contributed by atoms with Crippen LogP contribution in [0.2, 0.25) is 0 Å². The summed E-state index contributed by atoms with van der Waals surface area (Å²) < 4.78 is 16.5. The van der Waals surface area contributed by atoms with Crippen LogP contribution in [0.4, 0.5) is 0 Å². The zero-order valence-corrected chi connectivity index (χ0v) is 15.8. The van der Waals surface area contributed by atoms with E-state index in [0.717, 1.165) is 0 Å². The highest BCUT2D eigenvalue weighted by Crippen LogP contribution is 2.44. The monoisotopic (exact) mass is 416 g/mol. The molecule has 5 N–H and O–H groups in total. The van der Waals surface area contributed by atoms with Crippen molar-refractivity contribution in [3.63, 3.8) is 0 Å². The van der Waals surface area contributed by atoms with Crippen molar-refractivity contribution in [2.45, 2.75) is 24.4 Å². The topological polar surface area (TPSA) is 150 Å². The molecule has 1 saturated heterocycles. The van der Waals surface area contributed by atoms with Gasteiger partial charge in [0.25, 0.3) is 0 Å². The second-order valence-electron chi connectivity index (χ2n) is 7.04. The van der Waals surface area contributed by atoms with Crippen LogP contribution in [0, 0.1) is 0 Å². The lowest BCUT2D eigenvalue weighted by Gasteiger charge is -2.36. The quantitative estimate of drug-likeness (QED) is 0.422. The second kappa shape index (κ2) is 7.62. The van der Waals surface area contributed by atoms with Crippen molar-refractivity contribution in [1.29, 1.82) is 0 Å². The molecule has 1 aromatic heterocycles. The Morgan fingerprint density at radius 3 is 2.40 bits per heavy atom. The van der Waals surface area contributed by atoms with Crippen molar-refractivity contribution in [3.8, 4) is 28.6 Å². The molecule has 1 aliphatic rings. The highest BCUT2D eigenvalue weighted by molar-refractivity contribution is 5.88. The van der Waals surface area contributed by atoms with Gasteiger partial charge in [-0.25, -0.2) is 0 Å². The van der Waals surface area contributed by atoms with Gasteiger partial charge in [-0.3, -0.25) is 4.79 Å². The lowest BCUT2D eigenvalue weighted by Crippen LogP contribution is -2.49. The number of aliphatic hydroxyl groups excluding tert-OH is 3. The largest absolute Gasteiger partial charge is 0.508 e. The third-order valence-corrected chi connectivity index (χ3v) is 5.15. The van der Waals surface area contributed by atoms with E-state index in [4.69, 9.17) is 13.9 Å². The first-order valence-electron chi connectivity index (χ1n) is 9.14. The van der Waals surface area contributed by atoms with Crippen LogP contribution in [0.15, 0.2) is 45.6 Å². The normalized spacial score (nSPS) is 24.1. The summed E-state index contributed by atoms with van der Waals surface area (Å²) in [7, 11) is 1.33. The summed E-state index contributed by atoms with van der Waals surface area (Å²) in [5.41, 5.74) is -0.00761. The zero-order valence-electron chi connectivity index (χ0n) is 15.8. The third kappa shape index (κ3) is 3.27. The molecular formula is C21H20O9. The number of fused-ring (bicyclic) bond motifs is 1. The van der Waals surface area contributed by atoms with Crippen LogP contribution >= 0.6 is 0 Å². The maximum absolute atomic E-state index is 12.8. The number of rotatable bonds is 3. The predicted molar refractivity (Wildman–Crippen MR) is 105 cm³/mol. The van der Waals surface area contributed by atoms with Crippen molar-refractivity contribution in [2.75, 3.05) is 13.7 Å². The minimum atomic E-state index is -1.56. The fraction of sp³-hybridized carbons (Fsp3) is 0.286. The summed E-state index contributed by atoms with van der Waals surface area (Å²) in [4.78, 5) is 12.8. The van der Waals surface area contributed by atoms with Gasteiger partial charge in [0.05, 0.1) is 19.3 Å². The Kier molecular flexibility index (Phi) is 5.12. The SMILES string of the molecule is COc1cc2oc(-c3ccc(O)cc3)cc(=O)c2c(O)c1[C@@H]1OC[C@H](O)[C@H](O)C1O. The average molecular weight is 416 g/mol. The van der Waals surface area contributed by atoms with E-state index in [1.54, 1.807) is 12.1 Å². The van der Waals surface area contributed by atoms with Crippen LogP contribution in [0.3, 0.4) is 0 Å². The Labute approximate surface area is 170 Å². The van der Waals surface area contributed by atoms with Crippen LogP contribution in [0.25, 0.3) is 22.3 Å². The molecule has 158 valence electrons. The molecule has 0 radical (unpaired) electrons. The van der Waals surface area contributed by atoms with Gasteiger partial charge in [0.1, 0.15) is 58.4 Å². The fourth-order valence-electron chi connectivity index (χ4n) is 3.57. The van der Waals surface area contributed by atoms with Crippen molar-refractivity contribution in [1.82, 2.24) is 0 Å². The van der Waals surface area contributed by atoms with Crippen molar-refractivity contribution < 1.29 is 39.4 Å². The van der Waals surface area contributed by atoms with Crippen molar-refractivity contribution >= 4 is 11.0 Å². The smallest absolute Gasteiger partial charge is 0.197 e. The van der Waals surface area contributed by atoms with Crippen molar-refractivity contribution in [3.05, 3.63) is 52.2 Å². The van der Waals surface area contributed by atoms with E-state index >= 15 is 0 Å². The lowest BCUT2D eigenvalue weighted by molar-refractivity contribution is -0.189. The first-order chi connectivity index (χ1) is 14.3. The van der Waals surface area contributed by atoms with E-state index in [-0.39, 0.29) is 40.4 Å². The van der Waals surface area contributed by atoms with Gasteiger partial charge in [0.15, 0.2) is 5.43 Å². The molecule has 1 unspecified atom stereocenters. The highest BCUT2D eigenvalue weighted by atomic mass is 16.5. The number of phenols is 2. The number of hydrogen-bond donors (Lipinski definition) is 5. The summed E-state index contributed by atoms with van der Waals surface area (Å²) in [6, 6.07) is 8.61. The molecule has 4 rings (SSSR count). The molecule has 0 aliphatic carbocycles. The summed E-state index contributed by atoms with van der Waals surface area (Å²) in [5.74, 6) is -0.167. The molecule has 4 atom stereocenters. The molecule has 0 bridgehead atoms. The molecule has 3 aromatic rings. The van der Waals surface area contributed by atoms with E-state index in [1.165, 1.54) is 31.4 Å². The van der Waals surface area contributed by atoms with Gasteiger partial charge >= 0.3 is 0 Å². The van der Waals surface area contributed by atoms with Gasteiger partial charge in [-0.05, 0) is 24.3 Å². The van der Waals surface area contributed by atoms with Gasteiger partial charge in [-0.15, -0.1) is 0 Å². The van der Waals surface area contributed by atoms with E-state index in [2.05, 4.69) is 0 Å². The molecule has 0 saturated carbocycles. The third-order valence-electron chi connectivity index (χ3n) is 5.15. The van der Waals surface area contributed by atoms with Gasteiger partial charge < -0.3 is 39.4 Å². The van der Waals surface area contributed by atoms with Crippen LogP contribution in [-0.4, -0.2) is 57.6 Å². The van der Waals surface area contributed by atoms with E-state index < -0.39 is 35.6 Å². The van der Waals surface area contributed by atoms with Crippen LogP contribution in [-0.2, 0) is 4.74 Å². The molecule has 2 aromatic carbocycles. The van der Waals surface area contributed by atoms with E-state index in [0.29, 0.717) is 5.56 Å². The zero-order chi connectivity index (χ0) is 21.6. The molecular weight excluding hydrogens is 396 g/mol. The Morgan fingerprint density at radius 2 is 1.73 bits per heavy atom. The first kappa shape index (κ1) is 20.2. The summed E-state index contributed by atoms with van der Waals surface area (Å²) in [6.07, 6.45) is -5.59. The molecule has 9 nitrogen and oxygen atoms in total. The average Bonchev–Trinajstić information content (AvgIpc) is 2.72. The summed E-state index contributed by atoms with van der Waals surface area (Å²) in [5, 5.41) is 50.1. The van der Waals surface area contributed by atoms with E-state index in [1.807, 2.05) is 0 Å². The number of hydrogen-bond acceptors (Lipinski definition) is 9. The number of methoxy groups -OCH3 is 1. The maximum Gasteiger partial charge on any atom is 0.197 e. The van der Waals surface area contributed by atoms with E-state index in [9.17, 15) is 30.3 Å². The minimum Gasteiger partial charge on any atom is -0.508 e. The number of aromatic hydroxyl groups is 2. The predicted octanol–water partition coefficient (Wildman–Crippen LogP) is 1.03. The van der Waals surface area contributed by atoms with Gasteiger partial charge in [-0.1, -0.05) is 0 Å². The summed E-state index contributed by atoms with van der Waals surface area (Å²) >= 11 is 0. The molecule has 0 amide bonds. The molecule has 30 heavy (non-hydrogen) atoms. The molecule has 0 spiro atoms. The summed E-state index contributed by atoms with van der Waals surface area (Å²) in [6.45, 7) is -0.280. The molecule has 9 heteroatoms. The standard InChI is InChI=1S/C21H20O9/c1-28-14-7-15-16(11(23)6-13(30-15)9-2-4-10(22)5-3-9)19(26)17(14)21-20(27)18(25)12(24)8-29-21/h2-7,12,18,20-22,24-27H,8H2,1H3/t12-,18-,20?,21-/m0/s1. The second-order valence-corrected chi connectivity index (χ2v) is 7.04. The van der Waals surface area contributed by atoms with Gasteiger partial charge in [0, 0.05) is 17.7 Å². The molecule has 1 aliphatic heterocycles. The van der Waals surface area contributed by atoms with Crippen LogP contribution in [0.1, 0.15) is 11.7 Å². The minimum absolute atomic E-state index is 0.0341. The van der Waals surface area contributed by atoms with Crippen molar-refractivity contribution in [2.24, 2.45) is 0 Å². The Bertz CT molecular complexity index is 1140. The van der Waals surface area contributed by atoms with Crippen LogP contribution < -0.4 is 10.2 Å². The highest BCUT2D eigenvalue weighted by Gasteiger charge is 2.41. The van der Waals surface area contributed by atoms with Gasteiger partial charge in [-0.2, -0.15) is 0 Å². The molecule has 2 heterocycles. The van der Waals surface area contributed by atoms with Gasteiger partial charge in [0.2, 0.25) is 0 Å². The fourth-order valence-corrected chi connectivity index (χ4v) is 3.57.